The maximum atomic E-state index is 9.10. The van der Waals surface area contributed by atoms with E-state index in [-0.39, 0.29) is 0 Å². The molecule has 146 valence electrons. The van der Waals surface area contributed by atoms with E-state index in [2.05, 4.69) is 16.8 Å². The number of carboxylic acids is 2. The van der Waals surface area contributed by atoms with Gasteiger partial charge in [0.2, 0.25) is 0 Å². The third-order valence-corrected chi connectivity index (χ3v) is 3.86. The maximum Gasteiger partial charge on any atom is 0.414 e. The second kappa shape index (κ2) is 12.5. The molecule has 0 aromatic heterocycles. The van der Waals surface area contributed by atoms with Gasteiger partial charge in [-0.2, -0.15) is 0 Å². The van der Waals surface area contributed by atoms with Gasteiger partial charge in [-0.15, -0.1) is 0 Å². The second-order valence-electron chi connectivity index (χ2n) is 5.67. The van der Waals surface area contributed by atoms with Crippen molar-refractivity contribution >= 4 is 23.5 Å². The third kappa shape index (κ3) is 10.2. The molecule has 2 rings (SSSR count). The molecule has 0 unspecified atom stereocenters. The van der Waals surface area contributed by atoms with Crippen LogP contribution in [0.1, 0.15) is 0 Å². The van der Waals surface area contributed by atoms with E-state index in [0.29, 0.717) is 18.2 Å². The van der Waals surface area contributed by atoms with Crippen molar-refractivity contribution in [3.63, 3.8) is 0 Å². The van der Waals surface area contributed by atoms with Crippen LogP contribution in [0.2, 0.25) is 5.02 Å². The summed E-state index contributed by atoms with van der Waals surface area (Å²) in [6, 6.07) is 7.43. The Hall–Kier alpha value is -1.87. The van der Waals surface area contributed by atoms with E-state index >= 15 is 0 Å². The minimum absolute atomic E-state index is 0.559. The van der Waals surface area contributed by atoms with E-state index in [4.69, 9.17) is 40.9 Å². The number of ether oxygens (including phenoxy) is 2. The predicted molar refractivity (Wildman–Crippen MR) is 97.0 cm³/mol. The Bertz CT molecular complexity index is 552. The lowest BCUT2D eigenvalue weighted by atomic mass is 10.3. The molecule has 0 amide bonds. The van der Waals surface area contributed by atoms with Crippen molar-refractivity contribution in [1.82, 2.24) is 9.80 Å². The third-order valence-electron chi connectivity index (χ3n) is 3.62. The van der Waals surface area contributed by atoms with Crippen LogP contribution < -0.4 is 4.74 Å². The molecule has 2 N–H and O–H groups in total. The van der Waals surface area contributed by atoms with Crippen LogP contribution in [0.5, 0.6) is 5.75 Å². The van der Waals surface area contributed by atoms with Gasteiger partial charge < -0.3 is 24.6 Å². The minimum Gasteiger partial charge on any atom is -0.491 e. The lowest BCUT2D eigenvalue weighted by Gasteiger charge is -2.32. The van der Waals surface area contributed by atoms with E-state index in [1.54, 1.807) is 0 Å². The molecule has 1 aromatic rings. The molecule has 0 spiro atoms. The molecule has 0 bridgehead atoms. The number of benzene rings is 1. The number of piperazine rings is 1. The highest BCUT2D eigenvalue weighted by Gasteiger charge is 2.12. The lowest BCUT2D eigenvalue weighted by Crippen LogP contribution is -2.45. The molecule has 26 heavy (non-hydrogen) atoms. The first-order chi connectivity index (χ1) is 12.4. The smallest absolute Gasteiger partial charge is 0.414 e. The Morgan fingerprint density at radius 1 is 1.08 bits per heavy atom. The van der Waals surface area contributed by atoms with E-state index in [1.165, 1.54) is 0 Å². The van der Waals surface area contributed by atoms with Gasteiger partial charge in [0.1, 0.15) is 12.4 Å². The van der Waals surface area contributed by atoms with Crippen molar-refractivity contribution in [2.45, 2.75) is 0 Å². The number of hydrogen-bond donors (Lipinski definition) is 2. The van der Waals surface area contributed by atoms with E-state index in [9.17, 15) is 0 Å². The van der Waals surface area contributed by atoms with Gasteiger partial charge in [-0.3, -0.25) is 4.90 Å². The summed E-state index contributed by atoms with van der Waals surface area (Å²) in [5.41, 5.74) is 0. The largest absolute Gasteiger partial charge is 0.491 e. The van der Waals surface area contributed by atoms with Crippen molar-refractivity contribution < 1.29 is 29.3 Å². The van der Waals surface area contributed by atoms with Crippen LogP contribution in [-0.2, 0) is 14.3 Å². The Kier molecular flexibility index (Phi) is 10.6. The highest BCUT2D eigenvalue weighted by molar-refractivity contribution is 6.30. The Labute approximate surface area is 157 Å². The average Bonchev–Trinajstić information content (AvgIpc) is 2.60. The molecule has 0 saturated carbocycles. The Morgan fingerprint density at radius 2 is 1.73 bits per heavy atom. The van der Waals surface area contributed by atoms with Crippen LogP contribution in [0.3, 0.4) is 0 Å². The van der Waals surface area contributed by atoms with Gasteiger partial charge >= 0.3 is 11.9 Å². The van der Waals surface area contributed by atoms with Crippen LogP contribution in [0, 0.1) is 0 Å². The summed E-state index contributed by atoms with van der Waals surface area (Å²) in [6.45, 7) is 7.52. The molecule has 0 radical (unpaired) electrons. The fraction of sp³-hybridized carbons (Fsp3) is 0.529. The SMILES string of the molecule is CN1CCN(CCOCCOc2cccc(Cl)c2)CC1.O=C(O)C(=O)O. The van der Waals surface area contributed by atoms with Crippen LogP contribution in [0.25, 0.3) is 0 Å². The highest BCUT2D eigenvalue weighted by Crippen LogP contribution is 2.16. The van der Waals surface area contributed by atoms with Gasteiger partial charge in [-0.05, 0) is 25.2 Å². The zero-order valence-corrected chi connectivity index (χ0v) is 15.5. The molecule has 1 aliphatic rings. The summed E-state index contributed by atoms with van der Waals surface area (Å²) in [5, 5.41) is 15.5. The first-order valence-corrected chi connectivity index (χ1v) is 8.59. The summed E-state index contributed by atoms with van der Waals surface area (Å²) in [7, 11) is 2.17. The first kappa shape index (κ1) is 22.2. The number of carboxylic acid groups (broad SMARTS) is 2. The molecular weight excluding hydrogens is 364 g/mol. The lowest BCUT2D eigenvalue weighted by molar-refractivity contribution is -0.159. The summed E-state index contributed by atoms with van der Waals surface area (Å²) in [4.78, 5) is 23.0. The quantitative estimate of drug-likeness (QED) is 0.530. The van der Waals surface area contributed by atoms with Crippen LogP contribution >= 0.6 is 11.6 Å². The van der Waals surface area contributed by atoms with Crippen LogP contribution in [0.15, 0.2) is 24.3 Å². The van der Waals surface area contributed by atoms with Gasteiger partial charge in [0.25, 0.3) is 0 Å². The fourth-order valence-electron chi connectivity index (χ4n) is 2.14. The summed E-state index contributed by atoms with van der Waals surface area (Å²) >= 11 is 5.88. The molecule has 1 aromatic carbocycles. The van der Waals surface area contributed by atoms with Crippen molar-refractivity contribution in [3.05, 3.63) is 29.3 Å². The molecular formula is C17H25ClN2O6. The summed E-state index contributed by atoms with van der Waals surface area (Å²) in [6.07, 6.45) is 0. The van der Waals surface area contributed by atoms with Gasteiger partial charge in [0.05, 0.1) is 13.2 Å². The van der Waals surface area contributed by atoms with Crippen molar-refractivity contribution in [3.8, 4) is 5.75 Å². The Balaban J connectivity index is 0.000000487. The molecule has 1 saturated heterocycles. The van der Waals surface area contributed by atoms with Gasteiger partial charge in [-0.1, -0.05) is 17.7 Å². The van der Waals surface area contributed by atoms with Crippen LogP contribution in [-0.4, -0.2) is 91.5 Å². The molecule has 1 heterocycles. The number of likely N-dealkylation sites (N-methyl/N-ethyl adjacent to an activating group) is 1. The van der Waals surface area contributed by atoms with Gasteiger partial charge in [0.15, 0.2) is 0 Å². The molecule has 9 heteroatoms. The van der Waals surface area contributed by atoms with Crippen molar-refractivity contribution in [1.29, 1.82) is 0 Å². The summed E-state index contributed by atoms with van der Waals surface area (Å²) in [5.74, 6) is -2.86. The monoisotopic (exact) mass is 388 g/mol. The average molecular weight is 389 g/mol. The first-order valence-electron chi connectivity index (χ1n) is 8.21. The van der Waals surface area contributed by atoms with Gasteiger partial charge in [0, 0.05) is 37.7 Å². The van der Waals surface area contributed by atoms with Gasteiger partial charge in [-0.25, -0.2) is 9.59 Å². The topological polar surface area (TPSA) is 99.5 Å². The highest BCUT2D eigenvalue weighted by atomic mass is 35.5. The zero-order chi connectivity index (χ0) is 19.4. The number of carbonyl (C=O) groups is 2. The number of aliphatic carboxylic acids is 2. The van der Waals surface area contributed by atoms with E-state index < -0.39 is 11.9 Å². The molecule has 1 aliphatic heterocycles. The van der Waals surface area contributed by atoms with Crippen molar-refractivity contribution in [2.75, 3.05) is 59.6 Å². The Morgan fingerprint density at radius 3 is 2.31 bits per heavy atom. The predicted octanol–water partition coefficient (Wildman–Crippen LogP) is 1.14. The molecule has 1 fully saturated rings. The van der Waals surface area contributed by atoms with E-state index in [0.717, 1.165) is 45.1 Å². The number of halogens is 1. The number of hydrogen-bond acceptors (Lipinski definition) is 6. The van der Waals surface area contributed by atoms with E-state index in [1.807, 2.05) is 24.3 Å². The zero-order valence-electron chi connectivity index (χ0n) is 14.8. The second-order valence-corrected chi connectivity index (χ2v) is 6.11. The fourth-order valence-corrected chi connectivity index (χ4v) is 2.32. The van der Waals surface area contributed by atoms with Crippen molar-refractivity contribution in [2.24, 2.45) is 0 Å². The molecule has 8 nitrogen and oxygen atoms in total. The number of rotatable bonds is 7. The molecule has 0 atom stereocenters. The number of nitrogens with zero attached hydrogens (tertiary/aromatic N) is 2. The maximum absolute atomic E-state index is 9.10. The minimum atomic E-state index is -1.82. The normalized spacial score (nSPS) is 15.0. The molecule has 0 aliphatic carbocycles. The summed E-state index contributed by atoms with van der Waals surface area (Å²) < 4.78 is 11.2. The van der Waals surface area contributed by atoms with Crippen LogP contribution in [0.4, 0.5) is 0 Å². The standard InChI is InChI=1S/C15H23ClN2O2.C2H2O4/c1-17-5-7-18(8-6-17)9-10-19-11-12-20-15-4-2-3-14(16)13-15;3-1(4)2(5)6/h2-4,13H,5-12H2,1H3;(H,3,4)(H,5,6).